The highest BCUT2D eigenvalue weighted by Gasteiger charge is 2.33. The molecule has 14 heavy (non-hydrogen) atoms. The molecular weight excluding hydrogens is 178 g/mol. The van der Waals surface area contributed by atoms with Crippen molar-refractivity contribution in [2.75, 3.05) is 0 Å². The van der Waals surface area contributed by atoms with Crippen molar-refractivity contribution in [1.82, 2.24) is 0 Å². The summed E-state index contributed by atoms with van der Waals surface area (Å²) in [5.41, 5.74) is 0. The van der Waals surface area contributed by atoms with Crippen LogP contribution in [0.4, 0.5) is 0 Å². The Bertz CT molecular complexity index is 232. The fourth-order valence-corrected chi connectivity index (χ4v) is 1.73. The standard InChI is InChI=1S/C11H17NO2/c1-2-3-4-5-6-10-7-9(8-12)11(13)14-10/h9-10H,2-7H2,1H3. The van der Waals surface area contributed by atoms with Crippen LogP contribution in [0.2, 0.25) is 0 Å². The molecule has 1 fully saturated rings. The summed E-state index contributed by atoms with van der Waals surface area (Å²) < 4.78 is 5.08. The van der Waals surface area contributed by atoms with E-state index in [1.54, 1.807) is 0 Å². The van der Waals surface area contributed by atoms with Gasteiger partial charge in [0, 0.05) is 6.42 Å². The molecule has 0 aromatic heterocycles. The Balaban J connectivity index is 2.16. The van der Waals surface area contributed by atoms with Gasteiger partial charge in [0.25, 0.3) is 0 Å². The summed E-state index contributed by atoms with van der Waals surface area (Å²) >= 11 is 0. The van der Waals surface area contributed by atoms with Crippen LogP contribution in [0.1, 0.15) is 45.4 Å². The van der Waals surface area contributed by atoms with E-state index < -0.39 is 5.92 Å². The molecule has 0 spiro atoms. The van der Waals surface area contributed by atoms with Crippen LogP contribution in [-0.4, -0.2) is 12.1 Å². The maximum absolute atomic E-state index is 11.1. The van der Waals surface area contributed by atoms with Gasteiger partial charge in [-0.2, -0.15) is 5.26 Å². The summed E-state index contributed by atoms with van der Waals surface area (Å²) in [5.74, 6) is -0.834. The number of esters is 1. The first-order chi connectivity index (χ1) is 6.77. The monoisotopic (exact) mass is 195 g/mol. The van der Waals surface area contributed by atoms with Crippen LogP contribution in [0.15, 0.2) is 0 Å². The van der Waals surface area contributed by atoms with Crippen molar-refractivity contribution in [3.8, 4) is 6.07 Å². The van der Waals surface area contributed by atoms with Gasteiger partial charge >= 0.3 is 5.97 Å². The largest absolute Gasteiger partial charge is 0.461 e. The number of carbonyl (C=O) groups excluding carboxylic acids is 1. The average molecular weight is 195 g/mol. The third-order valence-electron chi connectivity index (χ3n) is 2.60. The lowest BCUT2D eigenvalue weighted by molar-refractivity contribution is -0.143. The second kappa shape index (κ2) is 5.64. The number of hydrogen-bond acceptors (Lipinski definition) is 3. The highest BCUT2D eigenvalue weighted by atomic mass is 16.5. The van der Waals surface area contributed by atoms with Crippen molar-refractivity contribution >= 4 is 5.97 Å². The Morgan fingerprint density at radius 2 is 2.29 bits per heavy atom. The Hall–Kier alpha value is -1.04. The van der Waals surface area contributed by atoms with Gasteiger partial charge in [0.2, 0.25) is 0 Å². The topological polar surface area (TPSA) is 50.1 Å². The Morgan fingerprint density at radius 1 is 1.50 bits per heavy atom. The number of ether oxygens (including phenoxy) is 1. The van der Waals surface area contributed by atoms with E-state index in [1.165, 1.54) is 19.3 Å². The lowest BCUT2D eigenvalue weighted by Gasteiger charge is -2.07. The van der Waals surface area contributed by atoms with Crippen molar-refractivity contribution < 1.29 is 9.53 Å². The van der Waals surface area contributed by atoms with Crippen LogP contribution >= 0.6 is 0 Å². The smallest absolute Gasteiger partial charge is 0.323 e. The van der Waals surface area contributed by atoms with E-state index in [0.717, 1.165) is 12.8 Å². The Labute approximate surface area is 85.1 Å². The van der Waals surface area contributed by atoms with Gasteiger partial charge in [-0.05, 0) is 12.8 Å². The molecule has 3 nitrogen and oxygen atoms in total. The molecule has 1 heterocycles. The minimum absolute atomic E-state index is 0.00371. The van der Waals surface area contributed by atoms with Crippen molar-refractivity contribution in [3.05, 3.63) is 0 Å². The zero-order chi connectivity index (χ0) is 10.4. The molecule has 0 amide bonds. The maximum atomic E-state index is 11.1. The quantitative estimate of drug-likeness (QED) is 0.500. The molecule has 1 rings (SSSR count). The molecule has 0 bridgehead atoms. The van der Waals surface area contributed by atoms with Gasteiger partial charge in [-0.1, -0.05) is 26.2 Å². The highest BCUT2D eigenvalue weighted by Crippen LogP contribution is 2.24. The molecule has 1 aliphatic heterocycles. The summed E-state index contributed by atoms with van der Waals surface area (Å²) in [6.45, 7) is 2.17. The first-order valence-electron chi connectivity index (χ1n) is 5.38. The average Bonchev–Trinajstić information content (AvgIpc) is 2.54. The molecule has 0 aliphatic carbocycles. The summed E-state index contributed by atoms with van der Waals surface area (Å²) in [4.78, 5) is 11.1. The lowest BCUT2D eigenvalue weighted by atomic mass is 10.0. The molecule has 2 atom stereocenters. The van der Waals surface area contributed by atoms with Crippen molar-refractivity contribution in [3.63, 3.8) is 0 Å². The molecule has 2 unspecified atom stereocenters. The first kappa shape index (κ1) is 11.0. The molecule has 0 aromatic carbocycles. The highest BCUT2D eigenvalue weighted by molar-refractivity contribution is 5.77. The molecule has 3 heteroatoms. The van der Waals surface area contributed by atoms with Crippen LogP contribution in [0.5, 0.6) is 0 Å². The van der Waals surface area contributed by atoms with E-state index in [-0.39, 0.29) is 12.1 Å². The minimum Gasteiger partial charge on any atom is -0.461 e. The van der Waals surface area contributed by atoms with Crippen LogP contribution < -0.4 is 0 Å². The van der Waals surface area contributed by atoms with Gasteiger partial charge < -0.3 is 4.74 Å². The van der Waals surface area contributed by atoms with Gasteiger partial charge in [-0.3, -0.25) is 4.79 Å². The molecule has 0 aromatic rings. The van der Waals surface area contributed by atoms with E-state index in [0.29, 0.717) is 6.42 Å². The third kappa shape index (κ3) is 3.02. The predicted octanol–water partition coefficient (Wildman–Crippen LogP) is 2.41. The van der Waals surface area contributed by atoms with Crippen LogP contribution in [0, 0.1) is 17.2 Å². The van der Waals surface area contributed by atoms with Crippen molar-refractivity contribution in [2.45, 2.75) is 51.6 Å². The fourth-order valence-electron chi connectivity index (χ4n) is 1.73. The number of cyclic esters (lactones) is 1. The van der Waals surface area contributed by atoms with E-state index in [2.05, 4.69) is 6.92 Å². The fraction of sp³-hybridized carbons (Fsp3) is 0.818. The van der Waals surface area contributed by atoms with E-state index in [9.17, 15) is 4.79 Å². The number of rotatable bonds is 5. The molecule has 1 saturated heterocycles. The zero-order valence-corrected chi connectivity index (χ0v) is 8.66. The normalized spacial score (nSPS) is 25.9. The summed E-state index contributed by atoms with van der Waals surface area (Å²) in [6, 6.07) is 1.97. The SMILES string of the molecule is CCCCCCC1CC(C#N)C(=O)O1. The predicted molar refractivity (Wildman–Crippen MR) is 52.4 cm³/mol. The summed E-state index contributed by atoms with van der Waals surface area (Å²) in [5, 5.41) is 8.61. The number of nitrogens with zero attached hydrogens (tertiary/aromatic N) is 1. The number of hydrogen-bond donors (Lipinski definition) is 0. The van der Waals surface area contributed by atoms with Gasteiger partial charge in [-0.25, -0.2) is 0 Å². The van der Waals surface area contributed by atoms with E-state index >= 15 is 0 Å². The van der Waals surface area contributed by atoms with Crippen LogP contribution in [0.3, 0.4) is 0 Å². The molecule has 78 valence electrons. The Kier molecular flexibility index (Phi) is 4.45. The maximum Gasteiger partial charge on any atom is 0.323 e. The minimum atomic E-state index is -0.508. The van der Waals surface area contributed by atoms with E-state index in [1.807, 2.05) is 6.07 Å². The second-order valence-corrected chi connectivity index (χ2v) is 3.83. The second-order valence-electron chi connectivity index (χ2n) is 3.83. The first-order valence-corrected chi connectivity index (χ1v) is 5.38. The molecule has 1 aliphatic rings. The third-order valence-corrected chi connectivity index (χ3v) is 2.60. The van der Waals surface area contributed by atoms with Gasteiger partial charge in [0.15, 0.2) is 0 Å². The zero-order valence-electron chi connectivity index (χ0n) is 8.66. The summed E-state index contributed by atoms with van der Waals surface area (Å²) in [6.07, 6.45) is 6.27. The number of carbonyl (C=O) groups is 1. The van der Waals surface area contributed by atoms with Crippen LogP contribution in [-0.2, 0) is 9.53 Å². The lowest BCUT2D eigenvalue weighted by Crippen LogP contribution is -2.06. The molecule has 0 N–H and O–H groups in total. The molecule has 0 saturated carbocycles. The molecular formula is C11H17NO2. The van der Waals surface area contributed by atoms with Gasteiger partial charge in [-0.15, -0.1) is 0 Å². The summed E-state index contributed by atoms with van der Waals surface area (Å²) in [7, 11) is 0. The van der Waals surface area contributed by atoms with E-state index in [4.69, 9.17) is 10.00 Å². The molecule has 0 radical (unpaired) electrons. The Morgan fingerprint density at radius 3 is 2.86 bits per heavy atom. The van der Waals surface area contributed by atoms with Crippen molar-refractivity contribution in [2.24, 2.45) is 5.92 Å². The number of nitriles is 1. The van der Waals surface area contributed by atoms with Crippen LogP contribution in [0.25, 0.3) is 0 Å². The number of unbranched alkanes of at least 4 members (excludes halogenated alkanes) is 3. The van der Waals surface area contributed by atoms with Crippen molar-refractivity contribution in [1.29, 1.82) is 5.26 Å². The van der Waals surface area contributed by atoms with Gasteiger partial charge in [0.1, 0.15) is 12.0 Å². The van der Waals surface area contributed by atoms with Gasteiger partial charge in [0.05, 0.1) is 6.07 Å².